The molecule has 0 aliphatic rings. The Hall–Kier alpha value is -2.67. The van der Waals surface area contributed by atoms with E-state index in [4.69, 9.17) is 0 Å². The van der Waals surface area contributed by atoms with Gasteiger partial charge in [0.1, 0.15) is 5.82 Å². The van der Waals surface area contributed by atoms with Crippen LogP contribution in [0.25, 0.3) is 11.4 Å². The van der Waals surface area contributed by atoms with Crippen LogP contribution in [-0.4, -0.2) is 26.4 Å². The van der Waals surface area contributed by atoms with E-state index in [9.17, 15) is 9.18 Å². The highest BCUT2D eigenvalue weighted by Gasteiger charge is 2.19. The van der Waals surface area contributed by atoms with Crippen LogP contribution in [0.5, 0.6) is 0 Å². The van der Waals surface area contributed by atoms with Crippen molar-refractivity contribution in [2.75, 3.05) is 11.1 Å². The summed E-state index contributed by atoms with van der Waals surface area (Å²) >= 11 is 1.29. The first kappa shape index (κ1) is 20.1. The van der Waals surface area contributed by atoms with E-state index in [0.717, 1.165) is 12.1 Å². The maximum absolute atomic E-state index is 14.2. The Morgan fingerprint density at radius 1 is 1.14 bits per heavy atom. The van der Waals surface area contributed by atoms with Crippen LogP contribution < -0.4 is 5.32 Å². The van der Waals surface area contributed by atoms with Crippen LogP contribution in [0.3, 0.4) is 0 Å². The van der Waals surface area contributed by atoms with E-state index in [0.29, 0.717) is 16.5 Å². The molecule has 0 spiro atoms. The molecule has 0 saturated heterocycles. The number of aromatic nitrogens is 3. The molecule has 0 atom stereocenters. The third-order valence-corrected chi connectivity index (χ3v) is 5.22. The Morgan fingerprint density at radius 2 is 1.86 bits per heavy atom. The summed E-state index contributed by atoms with van der Waals surface area (Å²) in [6.45, 7) is 6.05. The number of thioether (sulfide) groups is 1. The van der Waals surface area contributed by atoms with Crippen LogP contribution in [0.2, 0.25) is 0 Å². The van der Waals surface area contributed by atoms with E-state index >= 15 is 0 Å². The summed E-state index contributed by atoms with van der Waals surface area (Å²) in [7, 11) is 0. The van der Waals surface area contributed by atoms with Gasteiger partial charge in [0.05, 0.1) is 11.3 Å². The van der Waals surface area contributed by atoms with Gasteiger partial charge in [-0.2, -0.15) is 0 Å². The molecule has 2 aromatic carbocycles. The molecule has 0 aliphatic heterocycles. The van der Waals surface area contributed by atoms with Gasteiger partial charge in [0, 0.05) is 11.7 Å². The van der Waals surface area contributed by atoms with Crippen LogP contribution in [0, 0.1) is 5.82 Å². The Bertz CT molecular complexity index is 953. The molecular weight excluding hydrogens is 375 g/mol. The number of aryl methyl sites for hydroxylation is 1. The monoisotopic (exact) mass is 398 g/mol. The topological polar surface area (TPSA) is 59.8 Å². The van der Waals surface area contributed by atoms with Crippen LogP contribution in [0.1, 0.15) is 32.4 Å². The molecule has 0 unspecified atom stereocenters. The maximum atomic E-state index is 14.2. The lowest BCUT2D eigenvalue weighted by atomic mass is 10.1. The normalized spacial score (nSPS) is 11.0. The third-order valence-electron chi connectivity index (χ3n) is 4.27. The summed E-state index contributed by atoms with van der Waals surface area (Å²) in [5.41, 5.74) is 2.38. The summed E-state index contributed by atoms with van der Waals surface area (Å²) in [6, 6.07) is 14.3. The second-order valence-corrected chi connectivity index (χ2v) is 7.58. The van der Waals surface area contributed by atoms with Crippen molar-refractivity contribution in [2.24, 2.45) is 0 Å². The Kier molecular flexibility index (Phi) is 6.46. The van der Waals surface area contributed by atoms with Crippen molar-refractivity contribution < 1.29 is 9.18 Å². The number of nitrogens with zero attached hydrogens (tertiary/aromatic N) is 3. The first-order valence-corrected chi connectivity index (χ1v) is 10.2. The second-order valence-electron chi connectivity index (χ2n) is 6.64. The lowest BCUT2D eigenvalue weighted by molar-refractivity contribution is -0.113. The molecule has 3 aromatic rings. The number of benzene rings is 2. The molecule has 1 aromatic heterocycles. The molecule has 1 N–H and O–H groups in total. The SMILES string of the molecule is CCc1ccc(NC(=O)CSc2nnc(-c3ccccc3F)n2C(C)C)cc1. The number of halogens is 1. The average molecular weight is 399 g/mol. The van der Waals surface area contributed by atoms with Crippen molar-refractivity contribution in [2.45, 2.75) is 38.4 Å². The molecule has 7 heteroatoms. The molecule has 3 rings (SSSR count). The number of carbonyl (C=O) groups is 1. The Balaban J connectivity index is 1.72. The zero-order valence-corrected chi connectivity index (χ0v) is 17.0. The minimum atomic E-state index is -0.346. The van der Waals surface area contributed by atoms with Crippen molar-refractivity contribution in [3.63, 3.8) is 0 Å². The Morgan fingerprint density at radius 3 is 2.50 bits per heavy atom. The average Bonchev–Trinajstić information content (AvgIpc) is 3.11. The largest absolute Gasteiger partial charge is 0.325 e. The maximum Gasteiger partial charge on any atom is 0.234 e. The molecule has 1 amide bonds. The number of rotatable bonds is 7. The van der Waals surface area contributed by atoms with Gasteiger partial charge in [0.25, 0.3) is 0 Å². The lowest BCUT2D eigenvalue weighted by Gasteiger charge is -2.14. The number of carbonyl (C=O) groups excluding carboxylic acids is 1. The first-order valence-electron chi connectivity index (χ1n) is 9.21. The number of hydrogen-bond acceptors (Lipinski definition) is 4. The molecule has 1 heterocycles. The first-order chi connectivity index (χ1) is 13.5. The molecule has 0 bridgehead atoms. The highest BCUT2D eigenvalue weighted by atomic mass is 32.2. The fraction of sp³-hybridized carbons (Fsp3) is 0.286. The lowest BCUT2D eigenvalue weighted by Crippen LogP contribution is -2.15. The van der Waals surface area contributed by atoms with Crippen LogP contribution in [0.4, 0.5) is 10.1 Å². The fourth-order valence-corrected chi connectivity index (χ4v) is 3.69. The molecule has 0 aliphatic carbocycles. The van der Waals surface area contributed by atoms with E-state index in [1.165, 1.54) is 23.4 Å². The van der Waals surface area contributed by atoms with E-state index < -0.39 is 0 Å². The van der Waals surface area contributed by atoms with Crippen molar-refractivity contribution >= 4 is 23.4 Å². The van der Waals surface area contributed by atoms with Crippen LogP contribution in [-0.2, 0) is 11.2 Å². The number of anilines is 1. The predicted octanol–water partition coefficient (Wildman–Crippen LogP) is 4.96. The molecule has 0 fully saturated rings. The third kappa shape index (κ3) is 4.59. The van der Waals surface area contributed by atoms with Gasteiger partial charge in [-0.1, -0.05) is 43.0 Å². The van der Waals surface area contributed by atoms with E-state index in [1.54, 1.807) is 18.2 Å². The number of hydrogen-bond donors (Lipinski definition) is 1. The van der Waals surface area contributed by atoms with Gasteiger partial charge in [-0.15, -0.1) is 10.2 Å². The summed E-state index contributed by atoms with van der Waals surface area (Å²) in [6.07, 6.45) is 0.958. The molecule has 0 saturated carbocycles. The van der Waals surface area contributed by atoms with Gasteiger partial charge in [0.15, 0.2) is 11.0 Å². The quantitative estimate of drug-likeness (QED) is 0.572. The second kappa shape index (κ2) is 9.01. The zero-order valence-electron chi connectivity index (χ0n) is 16.1. The summed E-state index contributed by atoms with van der Waals surface area (Å²) < 4.78 is 16.0. The van der Waals surface area contributed by atoms with E-state index in [2.05, 4.69) is 22.4 Å². The van der Waals surface area contributed by atoms with Gasteiger partial charge in [-0.25, -0.2) is 4.39 Å². The van der Waals surface area contributed by atoms with Gasteiger partial charge >= 0.3 is 0 Å². The smallest absolute Gasteiger partial charge is 0.234 e. The van der Waals surface area contributed by atoms with Crippen molar-refractivity contribution in [1.82, 2.24) is 14.8 Å². The van der Waals surface area contributed by atoms with Crippen molar-refractivity contribution in [1.29, 1.82) is 0 Å². The molecule has 146 valence electrons. The van der Waals surface area contributed by atoms with Crippen LogP contribution >= 0.6 is 11.8 Å². The number of amides is 1. The number of nitrogens with one attached hydrogen (secondary N) is 1. The summed E-state index contributed by atoms with van der Waals surface area (Å²) in [4.78, 5) is 12.3. The minimum Gasteiger partial charge on any atom is -0.325 e. The minimum absolute atomic E-state index is 0.0248. The predicted molar refractivity (Wildman–Crippen MR) is 111 cm³/mol. The summed E-state index contributed by atoms with van der Waals surface area (Å²) in [5.74, 6) is 0.185. The van der Waals surface area contributed by atoms with Crippen molar-refractivity contribution in [3.8, 4) is 11.4 Å². The van der Waals surface area contributed by atoms with Gasteiger partial charge in [0.2, 0.25) is 5.91 Å². The molecular formula is C21H23FN4OS. The van der Waals surface area contributed by atoms with Gasteiger partial charge in [-0.3, -0.25) is 9.36 Å². The van der Waals surface area contributed by atoms with E-state index in [-0.39, 0.29) is 23.5 Å². The highest BCUT2D eigenvalue weighted by Crippen LogP contribution is 2.29. The fourth-order valence-electron chi connectivity index (χ4n) is 2.82. The highest BCUT2D eigenvalue weighted by molar-refractivity contribution is 7.99. The van der Waals surface area contributed by atoms with Gasteiger partial charge < -0.3 is 5.32 Å². The van der Waals surface area contributed by atoms with Crippen molar-refractivity contribution in [3.05, 3.63) is 59.9 Å². The molecule has 0 radical (unpaired) electrons. The van der Waals surface area contributed by atoms with Gasteiger partial charge in [-0.05, 0) is 50.1 Å². The molecule has 5 nitrogen and oxygen atoms in total. The zero-order chi connectivity index (χ0) is 20.1. The van der Waals surface area contributed by atoms with E-state index in [1.807, 2.05) is 42.7 Å². The van der Waals surface area contributed by atoms with Crippen LogP contribution in [0.15, 0.2) is 53.7 Å². The Labute approximate surface area is 168 Å². The summed E-state index contributed by atoms with van der Waals surface area (Å²) in [5, 5.41) is 11.8. The molecule has 28 heavy (non-hydrogen) atoms. The standard InChI is InChI=1S/C21H23FN4OS/c1-4-15-9-11-16(12-10-15)23-19(27)13-28-21-25-24-20(26(21)14(2)3)17-7-5-6-8-18(17)22/h5-12,14H,4,13H2,1-3H3,(H,23,27).